The van der Waals surface area contributed by atoms with Crippen molar-refractivity contribution in [1.29, 1.82) is 5.26 Å². The van der Waals surface area contributed by atoms with Crippen molar-refractivity contribution in [3.05, 3.63) is 22.9 Å². The zero-order valence-electron chi connectivity index (χ0n) is 11.6. The van der Waals surface area contributed by atoms with E-state index in [2.05, 4.69) is 30.2 Å². The van der Waals surface area contributed by atoms with Crippen LogP contribution in [0.2, 0.25) is 0 Å². The van der Waals surface area contributed by atoms with Gasteiger partial charge < -0.3 is 5.32 Å². The third-order valence-corrected chi connectivity index (χ3v) is 3.67. The number of hydrogen-bond acceptors (Lipinski definition) is 4. The van der Waals surface area contributed by atoms with E-state index in [1.807, 2.05) is 31.7 Å². The van der Waals surface area contributed by atoms with Crippen LogP contribution in [0.1, 0.15) is 37.1 Å². The number of anilines is 1. The van der Waals surface area contributed by atoms with Gasteiger partial charge in [-0.1, -0.05) is 6.92 Å². The summed E-state index contributed by atoms with van der Waals surface area (Å²) in [6.45, 7) is 8.21. The van der Waals surface area contributed by atoms with E-state index >= 15 is 0 Å². The maximum Gasteiger partial charge on any atom is 0.144 e. The molecule has 4 heteroatoms. The van der Waals surface area contributed by atoms with Crippen LogP contribution < -0.4 is 5.32 Å². The Hall–Kier alpha value is -1.21. The first-order chi connectivity index (χ1) is 8.58. The lowest BCUT2D eigenvalue weighted by Gasteiger charge is -2.16. The van der Waals surface area contributed by atoms with Gasteiger partial charge in [0.2, 0.25) is 0 Å². The number of aromatic nitrogens is 1. The average Bonchev–Trinajstić information content (AvgIpc) is 2.28. The molecule has 1 unspecified atom stereocenters. The van der Waals surface area contributed by atoms with Gasteiger partial charge in [0.1, 0.15) is 11.9 Å². The molecule has 3 nitrogen and oxygen atoms in total. The molecule has 1 atom stereocenters. The van der Waals surface area contributed by atoms with Gasteiger partial charge in [0, 0.05) is 11.7 Å². The van der Waals surface area contributed by atoms with Crippen LogP contribution in [0.5, 0.6) is 0 Å². The number of nitrogens with zero attached hydrogens (tertiary/aromatic N) is 2. The van der Waals surface area contributed by atoms with Crippen molar-refractivity contribution in [2.45, 2.75) is 40.2 Å². The molecule has 0 aliphatic rings. The Balaban J connectivity index is 2.74. The minimum Gasteiger partial charge on any atom is -0.366 e. The topological polar surface area (TPSA) is 48.7 Å². The largest absolute Gasteiger partial charge is 0.366 e. The predicted octanol–water partition coefficient (Wildman–Crippen LogP) is 3.51. The standard InChI is InChI=1S/C14H21N3S/c1-5-18-7-6-11(3)16-14-13(9-15)10(2)8-12(4)17-14/h8,11H,5-7H2,1-4H3,(H,16,17). The van der Waals surface area contributed by atoms with E-state index in [-0.39, 0.29) is 0 Å². The second-order valence-electron chi connectivity index (χ2n) is 4.45. The van der Waals surface area contributed by atoms with Crippen LogP contribution in [0, 0.1) is 25.2 Å². The molecule has 1 N–H and O–H groups in total. The molecule has 1 heterocycles. The van der Waals surface area contributed by atoms with Gasteiger partial charge >= 0.3 is 0 Å². The van der Waals surface area contributed by atoms with E-state index in [4.69, 9.17) is 0 Å². The number of thioether (sulfide) groups is 1. The van der Waals surface area contributed by atoms with Crippen molar-refractivity contribution in [2.75, 3.05) is 16.8 Å². The van der Waals surface area contributed by atoms with Gasteiger partial charge in [-0.25, -0.2) is 4.98 Å². The molecule has 0 radical (unpaired) electrons. The highest BCUT2D eigenvalue weighted by Gasteiger charge is 2.10. The summed E-state index contributed by atoms with van der Waals surface area (Å²) in [6.07, 6.45) is 1.08. The highest BCUT2D eigenvalue weighted by Crippen LogP contribution is 2.19. The highest BCUT2D eigenvalue weighted by molar-refractivity contribution is 7.99. The summed E-state index contributed by atoms with van der Waals surface area (Å²) in [6, 6.07) is 4.52. The molecule has 1 aromatic rings. The summed E-state index contributed by atoms with van der Waals surface area (Å²) in [7, 11) is 0. The Morgan fingerprint density at radius 1 is 1.50 bits per heavy atom. The maximum atomic E-state index is 9.18. The van der Waals surface area contributed by atoms with Gasteiger partial charge in [0.05, 0.1) is 5.56 Å². The fourth-order valence-electron chi connectivity index (χ4n) is 1.79. The molecule has 0 aliphatic heterocycles. The van der Waals surface area contributed by atoms with E-state index in [1.54, 1.807) is 0 Å². The lowest BCUT2D eigenvalue weighted by molar-refractivity contribution is 0.765. The van der Waals surface area contributed by atoms with Crippen molar-refractivity contribution >= 4 is 17.6 Å². The quantitative estimate of drug-likeness (QED) is 0.798. The summed E-state index contributed by atoms with van der Waals surface area (Å²) in [5, 5.41) is 12.5. The van der Waals surface area contributed by atoms with Crippen LogP contribution in [-0.2, 0) is 0 Å². The van der Waals surface area contributed by atoms with Crippen molar-refractivity contribution in [3.8, 4) is 6.07 Å². The Kier molecular flexibility index (Phi) is 6.00. The molecule has 0 aliphatic carbocycles. The predicted molar refractivity (Wildman–Crippen MR) is 79.1 cm³/mol. The van der Waals surface area contributed by atoms with Crippen molar-refractivity contribution in [1.82, 2.24) is 4.98 Å². The van der Waals surface area contributed by atoms with Gasteiger partial charge in [-0.3, -0.25) is 0 Å². The molecule has 18 heavy (non-hydrogen) atoms. The summed E-state index contributed by atoms with van der Waals surface area (Å²) in [5.74, 6) is 3.01. The Morgan fingerprint density at radius 2 is 2.22 bits per heavy atom. The summed E-state index contributed by atoms with van der Waals surface area (Å²) in [4.78, 5) is 4.43. The second-order valence-corrected chi connectivity index (χ2v) is 5.84. The first-order valence-electron chi connectivity index (χ1n) is 6.31. The van der Waals surface area contributed by atoms with E-state index in [0.29, 0.717) is 11.6 Å². The van der Waals surface area contributed by atoms with Gasteiger partial charge in [-0.2, -0.15) is 17.0 Å². The molecule has 0 saturated heterocycles. The summed E-state index contributed by atoms with van der Waals surface area (Å²) >= 11 is 1.94. The number of nitriles is 1. The first kappa shape index (κ1) is 14.8. The summed E-state index contributed by atoms with van der Waals surface area (Å²) < 4.78 is 0. The fraction of sp³-hybridized carbons (Fsp3) is 0.571. The normalized spacial score (nSPS) is 11.9. The molecular weight excluding hydrogens is 242 g/mol. The lowest BCUT2D eigenvalue weighted by atomic mass is 10.1. The van der Waals surface area contributed by atoms with E-state index in [0.717, 1.165) is 35.0 Å². The molecule has 0 fully saturated rings. The summed E-state index contributed by atoms with van der Waals surface area (Å²) in [5.41, 5.74) is 2.60. The van der Waals surface area contributed by atoms with Crippen LogP contribution in [0.4, 0.5) is 5.82 Å². The highest BCUT2D eigenvalue weighted by atomic mass is 32.2. The minimum atomic E-state index is 0.338. The van der Waals surface area contributed by atoms with Gasteiger partial charge in [-0.15, -0.1) is 0 Å². The zero-order valence-corrected chi connectivity index (χ0v) is 12.4. The van der Waals surface area contributed by atoms with Crippen molar-refractivity contribution in [2.24, 2.45) is 0 Å². The van der Waals surface area contributed by atoms with Gasteiger partial charge in [0.15, 0.2) is 0 Å². The number of hydrogen-bond donors (Lipinski definition) is 1. The molecule has 0 amide bonds. The third-order valence-electron chi connectivity index (χ3n) is 2.74. The van der Waals surface area contributed by atoms with Crippen LogP contribution in [-0.4, -0.2) is 22.5 Å². The Labute approximate surface area is 114 Å². The average molecular weight is 263 g/mol. The monoisotopic (exact) mass is 263 g/mol. The molecule has 0 saturated carbocycles. The number of rotatable bonds is 6. The first-order valence-corrected chi connectivity index (χ1v) is 7.46. The smallest absolute Gasteiger partial charge is 0.144 e. The lowest BCUT2D eigenvalue weighted by Crippen LogP contribution is -2.18. The van der Waals surface area contributed by atoms with E-state index < -0.39 is 0 Å². The fourth-order valence-corrected chi connectivity index (χ4v) is 2.60. The Bertz CT molecular complexity index is 437. The second kappa shape index (κ2) is 7.27. The van der Waals surface area contributed by atoms with Gasteiger partial charge in [-0.05, 0) is 50.3 Å². The number of nitrogens with one attached hydrogen (secondary N) is 1. The molecule has 0 bridgehead atoms. The van der Waals surface area contributed by atoms with Crippen LogP contribution >= 0.6 is 11.8 Å². The molecule has 1 rings (SSSR count). The number of pyridine rings is 1. The molecular formula is C14H21N3S. The molecule has 0 spiro atoms. The maximum absolute atomic E-state index is 9.18. The van der Waals surface area contributed by atoms with E-state index in [9.17, 15) is 5.26 Å². The zero-order chi connectivity index (χ0) is 13.5. The molecule has 0 aromatic carbocycles. The number of aryl methyl sites for hydroxylation is 2. The third kappa shape index (κ3) is 4.23. The van der Waals surface area contributed by atoms with Gasteiger partial charge in [0.25, 0.3) is 0 Å². The SMILES string of the molecule is CCSCCC(C)Nc1nc(C)cc(C)c1C#N. The van der Waals surface area contributed by atoms with E-state index in [1.165, 1.54) is 0 Å². The minimum absolute atomic E-state index is 0.338. The van der Waals surface area contributed by atoms with Crippen LogP contribution in [0.15, 0.2) is 6.07 Å². The van der Waals surface area contributed by atoms with Crippen molar-refractivity contribution in [3.63, 3.8) is 0 Å². The molecule has 1 aromatic heterocycles. The molecule has 98 valence electrons. The Morgan fingerprint density at radius 3 is 2.83 bits per heavy atom. The van der Waals surface area contributed by atoms with Crippen LogP contribution in [0.3, 0.4) is 0 Å². The van der Waals surface area contributed by atoms with Crippen molar-refractivity contribution < 1.29 is 0 Å². The van der Waals surface area contributed by atoms with Crippen LogP contribution in [0.25, 0.3) is 0 Å².